The van der Waals surface area contributed by atoms with Gasteiger partial charge in [0.2, 0.25) is 0 Å². The predicted molar refractivity (Wildman–Crippen MR) is 105 cm³/mol. The molecule has 0 N–H and O–H groups in total. The smallest absolute Gasteiger partial charge is 0.275 e. The summed E-state index contributed by atoms with van der Waals surface area (Å²) in [6.07, 6.45) is 7.64. The van der Waals surface area contributed by atoms with Gasteiger partial charge in [-0.1, -0.05) is 18.6 Å². The van der Waals surface area contributed by atoms with Gasteiger partial charge in [-0.15, -0.1) is 0 Å². The maximum atomic E-state index is 12.7. The molecule has 1 aromatic carbocycles. The van der Waals surface area contributed by atoms with E-state index in [-0.39, 0.29) is 5.91 Å². The second-order valence-corrected chi connectivity index (χ2v) is 7.91. The van der Waals surface area contributed by atoms with Crippen LogP contribution in [0, 0.1) is 0 Å². The average molecular weight is 387 g/mol. The van der Waals surface area contributed by atoms with Crippen LogP contribution in [0.2, 0.25) is 0 Å². The van der Waals surface area contributed by atoms with Gasteiger partial charge in [0.05, 0.1) is 17.9 Å². The number of piperidine rings is 1. The molecule has 4 rings (SSSR count). The first-order chi connectivity index (χ1) is 13.3. The highest BCUT2D eigenvalue weighted by molar-refractivity contribution is 6.99. The summed E-state index contributed by atoms with van der Waals surface area (Å²) < 4.78 is 14.0. The average Bonchev–Trinajstić information content (AvgIpc) is 3.39. The topological polar surface area (TPSA) is 58.6 Å². The molecule has 2 aromatic rings. The van der Waals surface area contributed by atoms with Crippen LogP contribution in [0.25, 0.3) is 0 Å². The molecular formula is C20H26N4O2S. The summed E-state index contributed by atoms with van der Waals surface area (Å²) >= 11 is 1.08. The molecule has 1 aliphatic carbocycles. The molecule has 1 amide bonds. The summed E-state index contributed by atoms with van der Waals surface area (Å²) in [5.74, 6) is 0.853. The lowest BCUT2D eigenvalue weighted by Crippen LogP contribution is -2.33. The van der Waals surface area contributed by atoms with Gasteiger partial charge in [-0.05, 0) is 56.5 Å². The summed E-state index contributed by atoms with van der Waals surface area (Å²) in [6.45, 7) is 4.65. The van der Waals surface area contributed by atoms with Crippen LogP contribution < -0.4 is 4.74 Å². The van der Waals surface area contributed by atoms with E-state index >= 15 is 0 Å². The minimum absolute atomic E-state index is 0.0253. The number of hydrogen-bond donors (Lipinski definition) is 0. The third-order valence-corrected chi connectivity index (χ3v) is 5.68. The number of nitrogens with zero attached hydrogens (tertiary/aromatic N) is 4. The first-order valence-electron chi connectivity index (χ1n) is 9.82. The van der Waals surface area contributed by atoms with E-state index in [9.17, 15) is 4.79 Å². The van der Waals surface area contributed by atoms with Crippen molar-refractivity contribution in [3.05, 3.63) is 41.7 Å². The molecule has 0 atom stereocenters. The molecule has 27 heavy (non-hydrogen) atoms. The zero-order valence-electron chi connectivity index (χ0n) is 15.5. The van der Waals surface area contributed by atoms with Gasteiger partial charge in [-0.2, -0.15) is 8.75 Å². The van der Waals surface area contributed by atoms with Crippen LogP contribution >= 0.6 is 11.7 Å². The number of rotatable bonds is 8. The molecular weight excluding hydrogens is 360 g/mol. The summed E-state index contributed by atoms with van der Waals surface area (Å²) in [5.41, 5.74) is 1.54. The number of benzene rings is 1. The van der Waals surface area contributed by atoms with Crippen molar-refractivity contribution in [2.45, 2.75) is 44.7 Å². The van der Waals surface area contributed by atoms with Crippen LogP contribution in [-0.2, 0) is 6.54 Å². The van der Waals surface area contributed by atoms with Crippen LogP contribution in [-0.4, -0.2) is 56.7 Å². The molecule has 0 bridgehead atoms. The number of carbonyl (C=O) groups is 1. The van der Waals surface area contributed by atoms with Crippen molar-refractivity contribution in [2.75, 3.05) is 26.2 Å². The first kappa shape index (κ1) is 18.4. The van der Waals surface area contributed by atoms with E-state index in [1.807, 2.05) is 17.0 Å². The van der Waals surface area contributed by atoms with Crippen LogP contribution in [0.3, 0.4) is 0 Å². The molecule has 144 valence electrons. The third-order valence-electron chi connectivity index (χ3n) is 5.21. The van der Waals surface area contributed by atoms with Gasteiger partial charge in [0.25, 0.3) is 5.91 Å². The van der Waals surface area contributed by atoms with Gasteiger partial charge < -0.3 is 9.64 Å². The molecule has 1 aromatic heterocycles. The van der Waals surface area contributed by atoms with Crippen molar-refractivity contribution in [3.8, 4) is 5.75 Å². The minimum Gasteiger partial charge on any atom is -0.492 e. The highest BCUT2D eigenvalue weighted by Crippen LogP contribution is 2.30. The second-order valence-electron chi connectivity index (χ2n) is 7.36. The van der Waals surface area contributed by atoms with Crippen molar-refractivity contribution in [1.29, 1.82) is 0 Å². The minimum atomic E-state index is -0.0253. The van der Waals surface area contributed by atoms with E-state index in [0.29, 0.717) is 24.9 Å². The second kappa shape index (κ2) is 8.80. The van der Waals surface area contributed by atoms with Crippen molar-refractivity contribution in [2.24, 2.45) is 0 Å². The number of ether oxygens (including phenoxy) is 1. The van der Waals surface area contributed by atoms with Gasteiger partial charge in [-0.25, -0.2) is 0 Å². The molecule has 2 heterocycles. The zero-order chi connectivity index (χ0) is 18.5. The Hall–Kier alpha value is -1.99. The van der Waals surface area contributed by atoms with Crippen molar-refractivity contribution < 1.29 is 9.53 Å². The molecule has 6 nitrogen and oxygen atoms in total. The molecule has 0 radical (unpaired) electrons. The fraction of sp³-hybridized carbons (Fsp3) is 0.550. The normalized spacial score (nSPS) is 17.6. The lowest BCUT2D eigenvalue weighted by Gasteiger charge is -2.26. The Kier molecular flexibility index (Phi) is 5.99. The van der Waals surface area contributed by atoms with Gasteiger partial charge >= 0.3 is 0 Å². The maximum Gasteiger partial charge on any atom is 0.275 e. The van der Waals surface area contributed by atoms with Crippen molar-refractivity contribution >= 4 is 17.6 Å². The van der Waals surface area contributed by atoms with Gasteiger partial charge in [0, 0.05) is 19.1 Å². The molecule has 2 aliphatic rings. The summed E-state index contributed by atoms with van der Waals surface area (Å²) in [5, 5.41) is 0. The Morgan fingerprint density at radius 1 is 1.26 bits per heavy atom. The molecule has 1 saturated carbocycles. The van der Waals surface area contributed by atoms with E-state index in [2.05, 4.69) is 25.8 Å². The van der Waals surface area contributed by atoms with Crippen molar-refractivity contribution in [3.63, 3.8) is 0 Å². The van der Waals surface area contributed by atoms with Crippen LogP contribution in [0.15, 0.2) is 30.5 Å². The maximum absolute atomic E-state index is 12.7. The zero-order valence-corrected chi connectivity index (χ0v) is 16.4. The standard InChI is InChI=1S/C20H26N4O2S/c25-20(19-14-21-27-22-19)24(17-7-8-17)15-16-5-4-6-18(13-16)26-12-11-23-9-2-1-3-10-23/h4-6,13-14,17H,1-3,7-12,15H2. The van der Waals surface area contributed by atoms with E-state index < -0.39 is 0 Å². The van der Waals surface area contributed by atoms with E-state index in [0.717, 1.165) is 42.4 Å². The molecule has 2 fully saturated rings. The SMILES string of the molecule is O=C(c1cnsn1)N(Cc1cccc(OCCN2CCCCC2)c1)C1CC1. The quantitative estimate of drug-likeness (QED) is 0.697. The van der Waals surface area contributed by atoms with E-state index in [1.54, 1.807) is 6.20 Å². The van der Waals surface area contributed by atoms with Gasteiger partial charge in [0.1, 0.15) is 12.4 Å². The summed E-state index contributed by atoms with van der Waals surface area (Å²) in [6, 6.07) is 8.43. The third kappa shape index (κ3) is 5.05. The molecule has 0 unspecified atom stereocenters. The van der Waals surface area contributed by atoms with E-state index in [4.69, 9.17) is 4.74 Å². The lowest BCUT2D eigenvalue weighted by molar-refractivity contribution is 0.0725. The monoisotopic (exact) mass is 386 g/mol. The fourth-order valence-electron chi connectivity index (χ4n) is 3.56. The van der Waals surface area contributed by atoms with E-state index in [1.165, 1.54) is 32.4 Å². The number of carbonyl (C=O) groups excluding carboxylic acids is 1. The Balaban J connectivity index is 1.34. The number of hydrogen-bond acceptors (Lipinski definition) is 6. The highest BCUT2D eigenvalue weighted by Gasteiger charge is 2.34. The number of likely N-dealkylation sites (tertiary alicyclic amines) is 1. The number of aromatic nitrogens is 2. The lowest BCUT2D eigenvalue weighted by atomic mass is 10.1. The van der Waals surface area contributed by atoms with Crippen LogP contribution in [0.1, 0.15) is 48.2 Å². The predicted octanol–water partition coefficient (Wildman–Crippen LogP) is 3.21. The summed E-state index contributed by atoms with van der Waals surface area (Å²) in [4.78, 5) is 17.1. The molecule has 0 spiro atoms. The molecule has 1 aliphatic heterocycles. The van der Waals surface area contributed by atoms with Crippen LogP contribution in [0.4, 0.5) is 0 Å². The van der Waals surface area contributed by atoms with Crippen molar-refractivity contribution in [1.82, 2.24) is 18.5 Å². The Bertz CT molecular complexity index is 742. The number of amides is 1. The van der Waals surface area contributed by atoms with Crippen LogP contribution in [0.5, 0.6) is 5.75 Å². The Morgan fingerprint density at radius 2 is 2.11 bits per heavy atom. The highest BCUT2D eigenvalue weighted by atomic mass is 32.1. The Labute approximate surface area is 164 Å². The largest absolute Gasteiger partial charge is 0.492 e. The Morgan fingerprint density at radius 3 is 2.85 bits per heavy atom. The fourth-order valence-corrected chi connectivity index (χ4v) is 3.97. The van der Waals surface area contributed by atoms with Gasteiger partial charge in [0.15, 0.2) is 5.69 Å². The molecule has 7 heteroatoms. The van der Waals surface area contributed by atoms with Gasteiger partial charge in [-0.3, -0.25) is 9.69 Å². The first-order valence-corrected chi connectivity index (χ1v) is 10.6. The molecule has 1 saturated heterocycles. The summed E-state index contributed by atoms with van der Waals surface area (Å²) in [7, 11) is 0.